The number of aromatic hydroxyl groups is 1. The van der Waals surface area contributed by atoms with Gasteiger partial charge >= 0.3 is 5.97 Å². The minimum Gasteiger partial charge on any atom is -0.506 e. The van der Waals surface area contributed by atoms with Gasteiger partial charge in [0.15, 0.2) is 0 Å². The first-order valence-corrected chi connectivity index (χ1v) is 14.9. The molecule has 10 nitrogen and oxygen atoms in total. The Bertz CT molecular complexity index is 1730. The smallest absolute Gasteiger partial charge is 0.328 e. The number of aromatic nitrogens is 1. The van der Waals surface area contributed by atoms with Gasteiger partial charge in [0.05, 0.1) is 11.6 Å². The number of carbonyl (C=O) groups is 2. The van der Waals surface area contributed by atoms with Crippen LogP contribution >= 0.6 is 0 Å². The number of carboxylic acid groups (broad SMARTS) is 1. The molecule has 0 saturated carbocycles. The van der Waals surface area contributed by atoms with Gasteiger partial charge < -0.3 is 30.9 Å². The second-order valence-electron chi connectivity index (χ2n) is 11.3. The lowest BCUT2D eigenvalue weighted by Gasteiger charge is -2.27. The molecule has 1 unspecified atom stereocenters. The van der Waals surface area contributed by atoms with Crippen LogP contribution in [0.3, 0.4) is 0 Å². The Labute approximate surface area is 255 Å². The minimum atomic E-state index is -1.15. The Morgan fingerprint density at radius 3 is 2.64 bits per heavy atom. The Balaban J connectivity index is 1.06. The van der Waals surface area contributed by atoms with Crippen molar-refractivity contribution < 1.29 is 24.9 Å². The third-order valence-electron chi connectivity index (χ3n) is 8.44. The fourth-order valence-electron chi connectivity index (χ4n) is 6.02. The van der Waals surface area contributed by atoms with Crippen LogP contribution in [0.15, 0.2) is 71.5 Å². The monoisotopic (exact) mass is 598 g/mol. The quantitative estimate of drug-likeness (QED) is 0.115. The standard InChI is InChI=1S/C34H38N4O6/c1-21-6-4-9-27-24(21)14-15-34(27,33(43)44)37-19-22-7-5-8-23(18-22)32(42)36-17-3-2-16-35-20-29(40)25-10-12-28(39)31-26(25)11-13-30(41)38-31/h4-13,18,29,35,37,39-40H,2-3,14-17,19-20H2,1H3,(H,36,42)(H,38,41)(H,43,44)/t29-,34?/m0/s1. The van der Waals surface area contributed by atoms with E-state index >= 15 is 0 Å². The van der Waals surface area contributed by atoms with Crippen molar-refractivity contribution in [2.75, 3.05) is 19.6 Å². The lowest BCUT2D eigenvalue weighted by molar-refractivity contribution is -0.145. The van der Waals surface area contributed by atoms with E-state index in [9.17, 15) is 29.7 Å². The van der Waals surface area contributed by atoms with Crippen molar-refractivity contribution in [2.45, 2.75) is 50.8 Å². The summed E-state index contributed by atoms with van der Waals surface area (Å²) < 4.78 is 0. The van der Waals surface area contributed by atoms with Crippen molar-refractivity contribution in [3.63, 3.8) is 0 Å². The van der Waals surface area contributed by atoms with Gasteiger partial charge in [-0.3, -0.25) is 14.9 Å². The van der Waals surface area contributed by atoms with Gasteiger partial charge in [-0.1, -0.05) is 36.4 Å². The summed E-state index contributed by atoms with van der Waals surface area (Å²) in [6, 6.07) is 19.0. The molecule has 2 atom stereocenters. The lowest BCUT2D eigenvalue weighted by atomic mass is 9.90. The number of phenols is 1. The molecule has 0 bridgehead atoms. The average molecular weight is 599 g/mol. The number of amides is 1. The highest BCUT2D eigenvalue weighted by Crippen LogP contribution is 2.39. The number of aromatic amines is 1. The van der Waals surface area contributed by atoms with Crippen LogP contribution in [-0.4, -0.2) is 51.8 Å². The van der Waals surface area contributed by atoms with E-state index in [1.807, 2.05) is 31.2 Å². The molecule has 44 heavy (non-hydrogen) atoms. The molecule has 1 aliphatic carbocycles. The number of rotatable bonds is 13. The predicted molar refractivity (Wildman–Crippen MR) is 168 cm³/mol. The van der Waals surface area contributed by atoms with Crippen LogP contribution in [0.25, 0.3) is 10.9 Å². The van der Waals surface area contributed by atoms with E-state index < -0.39 is 17.6 Å². The van der Waals surface area contributed by atoms with Gasteiger partial charge in [-0.05, 0) is 91.2 Å². The second kappa shape index (κ2) is 13.4. The van der Waals surface area contributed by atoms with Gasteiger partial charge in [-0.2, -0.15) is 0 Å². The summed E-state index contributed by atoms with van der Waals surface area (Å²) in [5, 5.41) is 40.9. The maximum atomic E-state index is 12.8. The number of benzene rings is 3. The number of hydrogen-bond donors (Lipinski definition) is 7. The number of fused-ring (bicyclic) bond motifs is 2. The van der Waals surface area contributed by atoms with Crippen molar-refractivity contribution >= 4 is 22.8 Å². The molecular weight excluding hydrogens is 560 g/mol. The van der Waals surface area contributed by atoms with E-state index in [0.717, 1.165) is 35.1 Å². The number of aliphatic hydroxyl groups is 1. The molecule has 0 saturated heterocycles. The Morgan fingerprint density at radius 2 is 1.82 bits per heavy atom. The van der Waals surface area contributed by atoms with Crippen LogP contribution in [0.4, 0.5) is 0 Å². The number of phenolic OH excluding ortho intramolecular Hbond substituents is 1. The molecule has 0 aliphatic heterocycles. The molecule has 230 valence electrons. The number of H-pyrrole nitrogens is 1. The van der Waals surface area contributed by atoms with E-state index in [2.05, 4.69) is 20.9 Å². The molecule has 1 amide bonds. The van der Waals surface area contributed by atoms with Crippen LogP contribution in [-0.2, 0) is 23.3 Å². The SMILES string of the molecule is Cc1cccc2c1CCC2(NCc1cccc(C(=O)NCCCCNC[C@H](O)c2ccc(O)c3[nH]c(=O)ccc23)c1)C(=O)O. The van der Waals surface area contributed by atoms with Crippen molar-refractivity contribution in [2.24, 2.45) is 0 Å². The maximum Gasteiger partial charge on any atom is 0.328 e. The van der Waals surface area contributed by atoms with Crippen molar-refractivity contribution in [3.05, 3.63) is 110 Å². The fourth-order valence-corrected chi connectivity index (χ4v) is 6.02. The van der Waals surface area contributed by atoms with E-state index in [0.29, 0.717) is 61.1 Å². The largest absolute Gasteiger partial charge is 0.506 e. The molecule has 0 radical (unpaired) electrons. The summed E-state index contributed by atoms with van der Waals surface area (Å²) in [7, 11) is 0. The van der Waals surface area contributed by atoms with Crippen LogP contribution in [0, 0.1) is 6.92 Å². The average Bonchev–Trinajstić information content (AvgIpc) is 3.41. The van der Waals surface area contributed by atoms with E-state index in [-0.39, 0.29) is 17.2 Å². The van der Waals surface area contributed by atoms with Crippen LogP contribution in [0.5, 0.6) is 5.75 Å². The van der Waals surface area contributed by atoms with Gasteiger partial charge in [0.2, 0.25) is 5.56 Å². The Hall–Kier alpha value is -4.51. The second-order valence-corrected chi connectivity index (χ2v) is 11.3. The predicted octanol–water partition coefficient (Wildman–Crippen LogP) is 3.39. The Kier molecular flexibility index (Phi) is 9.43. The van der Waals surface area contributed by atoms with E-state index in [1.54, 1.807) is 30.3 Å². The van der Waals surface area contributed by atoms with Crippen LogP contribution in [0.1, 0.15) is 63.5 Å². The highest BCUT2D eigenvalue weighted by Gasteiger charge is 2.45. The van der Waals surface area contributed by atoms with Gasteiger partial charge in [0, 0.05) is 36.7 Å². The zero-order chi connectivity index (χ0) is 31.3. The van der Waals surface area contributed by atoms with Crippen LogP contribution in [0.2, 0.25) is 0 Å². The molecule has 0 spiro atoms. The first-order valence-electron chi connectivity index (χ1n) is 14.9. The molecule has 1 heterocycles. The third-order valence-corrected chi connectivity index (χ3v) is 8.44. The first kappa shape index (κ1) is 30.9. The maximum absolute atomic E-state index is 12.8. The molecule has 7 N–H and O–H groups in total. The number of carbonyl (C=O) groups excluding carboxylic acids is 1. The summed E-state index contributed by atoms with van der Waals surface area (Å²) in [6.45, 7) is 3.73. The molecule has 3 aromatic carbocycles. The molecule has 10 heteroatoms. The number of unbranched alkanes of at least 4 members (excludes halogenated alkanes) is 1. The minimum absolute atomic E-state index is 0.0519. The normalized spacial score (nSPS) is 16.5. The van der Waals surface area contributed by atoms with Crippen LogP contribution < -0.4 is 21.5 Å². The summed E-state index contributed by atoms with van der Waals surface area (Å²) in [5.41, 5.74) is 3.77. The number of nitrogens with one attached hydrogen (secondary N) is 4. The topological polar surface area (TPSA) is 164 Å². The molecule has 5 rings (SSSR count). The highest BCUT2D eigenvalue weighted by atomic mass is 16.4. The van der Waals surface area contributed by atoms with E-state index in [1.165, 1.54) is 12.1 Å². The Morgan fingerprint density at radius 1 is 1.02 bits per heavy atom. The number of aliphatic hydroxyl groups excluding tert-OH is 1. The summed E-state index contributed by atoms with van der Waals surface area (Å²) >= 11 is 0. The van der Waals surface area contributed by atoms with Crippen molar-refractivity contribution in [1.82, 2.24) is 20.9 Å². The number of pyridine rings is 1. The molecule has 1 aromatic heterocycles. The number of aryl methyl sites for hydroxylation is 1. The lowest BCUT2D eigenvalue weighted by Crippen LogP contribution is -2.47. The molecule has 0 fully saturated rings. The third kappa shape index (κ3) is 6.52. The summed E-state index contributed by atoms with van der Waals surface area (Å²) in [6.07, 6.45) is 1.87. The van der Waals surface area contributed by atoms with Gasteiger partial charge in [0.1, 0.15) is 11.3 Å². The molecular formula is C34H38N4O6. The zero-order valence-corrected chi connectivity index (χ0v) is 24.7. The molecule has 4 aromatic rings. The fraction of sp³-hybridized carbons (Fsp3) is 0.324. The van der Waals surface area contributed by atoms with Gasteiger partial charge in [-0.25, -0.2) is 4.79 Å². The number of hydrogen-bond acceptors (Lipinski definition) is 7. The summed E-state index contributed by atoms with van der Waals surface area (Å²) in [4.78, 5) is 39.4. The highest BCUT2D eigenvalue weighted by molar-refractivity contribution is 5.94. The molecule has 1 aliphatic rings. The van der Waals surface area contributed by atoms with Gasteiger partial charge in [-0.15, -0.1) is 0 Å². The van der Waals surface area contributed by atoms with Crippen molar-refractivity contribution in [1.29, 1.82) is 0 Å². The first-order chi connectivity index (χ1) is 21.2. The summed E-state index contributed by atoms with van der Waals surface area (Å²) in [5.74, 6) is -1.14. The van der Waals surface area contributed by atoms with Gasteiger partial charge in [0.25, 0.3) is 5.91 Å². The van der Waals surface area contributed by atoms with E-state index in [4.69, 9.17) is 0 Å². The zero-order valence-electron chi connectivity index (χ0n) is 24.7. The number of aliphatic carboxylic acids is 1. The number of carboxylic acids is 1. The van der Waals surface area contributed by atoms with Crippen molar-refractivity contribution in [3.8, 4) is 5.75 Å².